The van der Waals surface area contributed by atoms with Gasteiger partial charge in [-0.3, -0.25) is 9.58 Å². The second kappa shape index (κ2) is 5.92. The molecule has 0 amide bonds. The smallest absolute Gasteiger partial charge is 0.0970 e. The van der Waals surface area contributed by atoms with Crippen molar-refractivity contribution in [2.45, 2.75) is 50.6 Å². The van der Waals surface area contributed by atoms with Crippen LogP contribution in [0.5, 0.6) is 0 Å². The first kappa shape index (κ1) is 15.5. The Labute approximate surface area is 152 Å². The highest BCUT2D eigenvalue weighted by atomic mass is 32.1. The molecule has 0 spiro atoms. The van der Waals surface area contributed by atoms with E-state index < -0.39 is 0 Å². The standard InChI is InChI=1S/C20H24N4S/c1-13-4-3-7-24(13)17-8-15(9-17)20-22-18-6-5-14(10-19(18)25-20)16-11-21-23(2)12-16/h5-6,10-13,15,17H,3-4,7-9H2,1-2H3/i2-1. The molecule has 0 bridgehead atoms. The Kier molecular flexibility index (Phi) is 3.68. The highest BCUT2D eigenvalue weighted by molar-refractivity contribution is 7.18. The third kappa shape index (κ3) is 2.70. The summed E-state index contributed by atoms with van der Waals surface area (Å²) in [5.41, 5.74) is 3.55. The number of likely N-dealkylation sites (tertiary alicyclic amines) is 1. The van der Waals surface area contributed by atoms with Crippen LogP contribution in [0.15, 0.2) is 30.6 Å². The zero-order valence-corrected chi connectivity index (χ0v) is 15.7. The van der Waals surface area contributed by atoms with Crippen molar-refractivity contribution < 1.29 is 0 Å². The molecule has 5 heteroatoms. The minimum Gasteiger partial charge on any atom is -0.298 e. The predicted octanol–water partition coefficient (Wildman–Crippen LogP) is 4.43. The average Bonchev–Trinajstić information content (AvgIpc) is 3.26. The zero-order chi connectivity index (χ0) is 17.0. The van der Waals surface area contributed by atoms with Crippen LogP contribution in [-0.2, 0) is 7.05 Å². The van der Waals surface area contributed by atoms with Gasteiger partial charge in [-0.25, -0.2) is 4.98 Å². The minimum atomic E-state index is 0.664. The molecule has 1 aliphatic carbocycles. The van der Waals surface area contributed by atoms with Crippen LogP contribution in [0.2, 0.25) is 0 Å². The summed E-state index contributed by atoms with van der Waals surface area (Å²) in [6, 6.07) is 8.17. The number of nitrogens with zero attached hydrogens (tertiary/aromatic N) is 4. The van der Waals surface area contributed by atoms with Crippen molar-refractivity contribution in [3.8, 4) is 11.1 Å². The summed E-state index contributed by atoms with van der Waals surface area (Å²) in [5, 5.41) is 5.62. The van der Waals surface area contributed by atoms with Crippen LogP contribution >= 0.6 is 11.3 Å². The maximum Gasteiger partial charge on any atom is 0.0970 e. The molecule has 25 heavy (non-hydrogen) atoms. The number of thiazole rings is 1. The lowest BCUT2D eigenvalue weighted by molar-refractivity contribution is 0.103. The van der Waals surface area contributed by atoms with Crippen molar-refractivity contribution in [3.63, 3.8) is 0 Å². The fourth-order valence-corrected chi connectivity index (χ4v) is 5.56. The molecule has 3 aromatic rings. The van der Waals surface area contributed by atoms with E-state index in [1.807, 2.05) is 29.3 Å². The molecule has 2 aliphatic rings. The largest absolute Gasteiger partial charge is 0.298 e. The summed E-state index contributed by atoms with van der Waals surface area (Å²) < 4.78 is 3.15. The lowest BCUT2D eigenvalue weighted by Crippen LogP contribution is -2.45. The monoisotopic (exact) mass is 351 g/mol. The molecule has 4 nitrogen and oxygen atoms in total. The molecule has 1 atom stereocenters. The molecule has 2 fully saturated rings. The van der Waals surface area contributed by atoms with Crippen molar-refractivity contribution >= 4 is 21.6 Å². The molecule has 1 aliphatic heterocycles. The summed E-state index contributed by atoms with van der Waals surface area (Å²) in [7, 11) is 1.96. The number of fused-ring (bicyclic) bond motifs is 1. The van der Waals surface area contributed by atoms with E-state index in [1.165, 1.54) is 53.1 Å². The van der Waals surface area contributed by atoms with Gasteiger partial charge in [-0.1, -0.05) is 6.07 Å². The summed E-state index contributed by atoms with van der Waals surface area (Å²) in [6.07, 6.45) is 9.33. The van der Waals surface area contributed by atoms with Crippen LogP contribution in [0, 0.1) is 0 Å². The van der Waals surface area contributed by atoms with E-state index in [0.717, 1.165) is 17.6 Å². The molecule has 2 aromatic heterocycles. The number of benzene rings is 1. The van der Waals surface area contributed by atoms with Crippen molar-refractivity contribution in [2.75, 3.05) is 6.54 Å². The quantitative estimate of drug-likeness (QED) is 0.700. The Hall–Kier alpha value is -1.72. The molecule has 130 valence electrons. The molecule has 1 unspecified atom stereocenters. The van der Waals surface area contributed by atoms with Crippen molar-refractivity contribution in [2.24, 2.45) is 7.05 Å². The Morgan fingerprint density at radius 3 is 2.80 bits per heavy atom. The van der Waals surface area contributed by atoms with Crippen LogP contribution in [0.4, 0.5) is 0 Å². The first-order valence-corrected chi connectivity index (χ1v) is 10.1. The van der Waals surface area contributed by atoms with E-state index in [2.05, 4.69) is 41.3 Å². The van der Waals surface area contributed by atoms with Crippen LogP contribution in [0.1, 0.15) is 43.5 Å². The van der Waals surface area contributed by atoms with Gasteiger partial charge < -0.3 is 0 Å². The van der Waals surface area contributed by atoms with E-state index in [1.54, 1.807) is 0 Å². The minimum absolute atomic E-state index is 0.664. The van der Waals surface area contributed by atoms with Crippen LogP contribution < -0.4 is 0 Å². The van der Waals surface area contributed by atoms with E-state index in [9.17, 15) is 0 Å². The molecule has 1 saturated heterocycles. The third-order valence-electron chi connectivity index (χ3n) is 5.98. The molecule has 0 N–H and O–H groups in total. The SMILES string of the molecule is CC1CCCN1C1CC(c2nc3ccc(-c4cnn([11CH3])c4)cc3s2)C1. The van der Waals surface area contributed by atoms with Gasteiger partial charge in [-0.2, -0.15) is 5.10 Å². The van der Waals surface area contributed by atoms with Crippen molar-refractivity contribution in [3.05, 3.63) is 35.6 Å². The van der Waals surface area contributed by atoms with E-state index in [0.29, 0.717) is 5.92 Å². The predicted molar refractivity (Wildman–Crippen MR) is 103 cm³/mol. The second-order valence-electron chi connectivity index (χ2n) is 7.69. The van der Waals surface area contributed by atoms with Gasteiger partial charge in [0, 0.05) is 36.8 Å². The summed E-state index contributed by atoms with van der Waals surface area (Å²) in [4.78, 5) is 7.66. The van der Waals surface area contributed by atoms with Crippen LogP contribution in [-0.4, -0.2) is 38.3 Å². The van der Waals surface area contributed by atoms with Gasteiger partial charge in [0.05, 0.1) is 21.4 Å². The Bertz CT molecular complexity index is 905. The number of hydrogen-bond acceptors (Lipinski definition) is 4. The first-order valence-electron chi connectivity index (χ1n) is 9.32. The summed E-state index contributed by atoms with van der Waals surface area (Å²) in [5.74, 6) is 0.664. The highest BCUT2D eigenvalue weighted by Gasteiger charge is 2.39. The number of hydrogen-bond donors (Lipinski definition) is 0. The maximum atomic E-state index is 4.93. The lowest BCUT2D eigenvalue weighted by atomic mass is 9.79. The Morgan fingerprint density at radius 2 is 2.08 bits per heavy atom. The Morgan fingerprint density at radius 1 is 1.20 bits per heavy atom. The molecule has 5 rings (SSSR count). The van der Waals surface area contributed by atoms with Crippen LogP contribution in [0.25, 0.3) is 21.3 Å². The molecule has 3 heterocycles. The molecular weight excluding hydrogens is 327 g/mol. The summed E-state index contributed by atoms with van der Waals surface area (Å²) in [6.45, 7) is 3.69. The van der Waals surface area contributed by atoms with Crippen molar-refractivity contribution in [1.82, 2.24) is 19.7 Å². The normalized spacial score (nSPS) is 27.0. The van der Waals surface area contributed by atoms with Gasteiger partial charge in [0.25, 0.3) is 0 Å². The van der Waals surface area contributed by atoms with E-state index in [-0.39, 0.29) is 0 Å². The summed E-state index contributed by atoms with van der Waals surface area (Å²) >= 11 is 1.89. The van der Waals surface area contributed by atoms with Gasteiger partial charge in [-0.05, 0) is 56.8 Å². The fourth-order valence-electron chi connectivity index (χ4n) is 4.43. The maximum absolute atomic E-state index is 4.93. The topological polar surface area (TPSA) is 34.0 Å². The number of aryl methyl sites for hydroxylation is 1. The number of rotatable bonds is 3. The third-order valence-corrected chi connectivity index (χ3v) is 7.16. The first-order chi connectivity index (χ1) is 12.2. The molecule has 1 saturated carbocycles. The molecular formula is C20H24N4S. The van der Waals surface area contributed by atoms with E-state index in [4.69, 9.17) is 4.98 Å². The zero-order valence-electron chi connectivity index (χ0n) is 14.9. The van der Waals surface area contributed by atoms with Gasteiger partial charge in [0.1, 0.15) is 0 Å². The average molecular weight is 352 g/mol. The van der Waals surface area contributed by atoms with Gasteiger partial charge in [0.2, 0.25) is 0 Å². The van der Waals surface area contributed by atoms with Gasteiger partial charge >= 0.3 is 0 Å². The van der Waals surface area contributed by atoms with Crippen LogP contribution in [0.3, 0.4) is 0 Å². The fraction of sp³-hybridized carbons (Fsp3) is 0.500. The van der Waals surface area contributed by atoms with Gasteiger partial charge in [-0.15, -0.1) is 11.3 Å². The second-order valence-corrected chi connectivity index (χ2v) is 8.75. The molecule has 1 aromatic carbocycles. The Balaban J connectivity index is 1.35. The van der Waals surface area contributed by atoms with Gasteiger partial charge in [0.15, 0.2) is 0 Å². The number of aromatic nitrogens is 3. The molecule has 0 radical (unpaired) electrons. The van der Waals surface area contributed by atoms with E-state index >= 15 is 0 Å². The van der Waals surface area contributed by atoms with Crippen molar-refractivity contribution in [1.29, 1.82) is 0 Å². The lowest BCUT2D eigenvalue weighted by Gasteiger charge is -2.42. The highest BCUT2D eigenvalue weighted by Crippen LogP contribution is 2.44.